The number of benzene rings is 2. The lowest BCUT2D eigenvalue weighted by Gasteiger charge is -2.38. The van der Waals surface area contributed by atoms with Crippen molar-refractivity contribution in [3.05, 3.63) is 83.6 Å². The van der Waals surface area contributed by atoms with Crippen LogP contribution < -0.4 is 5.46 Å². The normalized spacial score (nSPS) is 14.6. The lowest BCUT2D eigenvalue weighted by molar-refractivity contribution is -0.0893. The number of fused-ring (bicyclic) bond motifs is 2. The van der Waals surface area contributed by atoms with Crippen molar-refractivity contribution in [3.63, 3.8) is 0 Å². The summed E-state index contributed by atoms with van der Waals surface area (Å²) in [5.74, 6) is 0. The zero-order chi connectivity index (χ0) is 23.3. The van der Waals surface area contributed by atoms with E-state index in [4.69, 9.17) is 4.65 Å². The number of nitrogens with zero attached hydrogens (tertiary/aromatic N) is 1. The van der Waals surface area contributed by atoms with Crippen LogP contribution in [0.3, 0.4) is 0 Å². The monoisotopic (exact) mass is 427 g/mol. The van der Waals surface area contributed by atoms with Crippen molar-refractivity contribution in [2.24, 2.45) is 0 Å². The average molecular weight is 427 g/mol. The fourth-order valence-electron chi connectivity index (χ4n) is 4.38. The van der Waals surface area contributed by atoms with Gasteiger partial charge in [0.1, 0.15) is 0 Å². The summed E-state index contributed by atoms with van der Waals surface area (Å²) < 4.78 is 8.56. The Morgan fingerprint density at radius 2 is 1.56 bits per heavy atom. The molecule has 0 fully saturated rings. The van der Waals surface area contributed by atoms with Crippen molar-refractivity contribution < 1.29 is 9.76 Å². The Labute approximate surface area is 192 Å². The highest BCUT2D eigenvalue weighted by molar-refractivity contribution is 6.47. The molecule has 0 amide bonds. The van der Waals surface area contributed by atoms with Gasteiger partial charge in [-0.15, -0.1) is 0 Å². The standard InChI is InChI=1S/C28H34BNO2/c1-19-12-9-8-10-13-20-14-11-15-22-25(20)30(19)24-17-16-21(18-23(24)26(22,2)3)29-32-28(6,7)27(4,5)31/h8-18,29,31H,1-7H3. The van der Waals surface area contributed by atoms with Crippen LogP contribution in [0.1, 0.15) is 58.4 Å². The Morgan fingerprint density at radius 1 is 0.875 bits per heavy atom. The van der Waals surface area contributed by atoms with Gasteiger partial charge in [0.2, 0.25) is 0 Å². The van der Waals surface area contributed by atoms with Crippen molar-refractivity contribution in [2.75, 3.05) is 0 Å². The zero-order valence-electron chi connectivity index (χ0n) is 20.4. The van der Waals surface area contributed by atoms with Crippen LogP contribution in [-0.4, -0.2) is 28.4 Å². The van der Waals surface area contributed by atoms with E-state index in [1.54, 1.807) is 13.8 Å². The first-order chi connectivity index (χ1) is 14.9. The molecule has 2 aromatic carbocycles. The number of aryl methyl sites for hydroxylation is 1. The molecule has 3 aromatic rings. The third-order valence-corrected chi connectivity index (χ3v) is 7.20. The van der Waals surface area contributed by atoms with Crippen LogP contribution in [0.5, 0.6) is 0 Å². The second-order valence-electron chi connectivity index (χ2n) is 10.5. The number of hydrogen-bond acceptors (Lipinski definition) is 2. The molecule has 1 aliphatic rings. The summed E-state index contributed by atoms with van der Waals surface area (Å²) in [4.78, 5) is 0. The minimum Gasteiger partial charge on any atom is -0.427 e. The maximum absolute atomic E-state index is 10.5. The van der Waals surface area contributed by atoms with Gasteiger partial charge < -0.3 is 14.3 Å². The van der Waals surface area contributed by atoms with Crippen molar-refractivity contribution in [1.82, 2.24) is 4.57 Å². The number of para-hydroxylation sites is 1. The zero-order valence-corrected chi connectivity index (χ0v) is 20.4. The molecule has 1 aromatic heterocycles. The molecule has 0 saturated heterocycles. The predicted octanol–water partition coefficient (Wildman–Crippen LogP) is 5.25. The van der Waals surface area contributed by atoms with Gasteiger partial charge in [0, 0.05) is 16.8 Å². The highest BCUT2D eigenvalue weighted by atomic mass is 16.5. The van der Waals surface area contributed by atoms with Gasteiger partial charge in [-0.1, -0.05) is 73.9 Å². The topological polar surface area (TPSA) is 34.4 Å². The van der Waals surface area contributed by atoms with Crippen molar-refractivity contribution >= 4 is 23.8 Å². The van der Waals surface area contributed by atoms with E-state index in [9.17, 15) is 5.11 Å². The predicted molar refractivity (Wildman–Crippen MR) is 136 cm³/mol. The molecule has 0 spiro atoms. The van der Waals surface area contributed by atoms with Gasteiger partial charge in [-0.2, -0.15) is 0 Å². The van der Waals surface area contributed by atoms with Gasteiger partial charge in [-0.25, -0.2) is 0 Å². The Hall–Kier alpha value is -2.56. The van der Waals surface area contributed by atoms with E-state index in [0.717, 1.165) is 5.46 Å². The maximum atomic E-state index is 10.5. The first-order valence-corrected chi connectivity index (χ1v) is 11.4. The van der Waals surface area contributed by atoms with Crippen molar-refractivity contribution in [3.8, 4) is 5.69 Å². The van der Waals surface area contributed by atoms with E-state index < -0.39 is 11.2 Å². The highest BCUT2D eigenvalue weighted by Crippen LogP contribution is 2.43. The molecule has 2 heterocycles. The van der Waals surface area contributed by atoms with Gasteiger partial charge in [-0.05, 0) is 63.3 Å². The molecule has 3 nitrogen and oxygen atoms in total. The molecule has 0 bridgehead atoms. The van der Waals surface area contributed by atoms with Gasteiger partial charge in [0.15, 0.2) is 0 Å². The fourth-order valence-corrected chi connectivity index (χ4v) is 4.38. The lowest BCUT2D eigenvalue weighted by atomic mass is 9.72. The number of aromatic nitrogens is 1. The molecule has 0 saturated carbocycles. The van der Waals surface area contributed by atoms with E-state index in [0.29, 0.717) is 7.48 Å². The second kappa shape index (κ2) is 7.79. The Balaban J connectivity index is 1.92. The van der Waals surface area contributed by atoms with Crippen LogP contribution in [0.4, 0.5) is 0 Å². The molecule has 0 aliphatic carbocycles. The average Bonchev–Trinajstić information content (AvgIpc) is 2.79. The van der Waals surface area contributed by atoms with Gasteiger partial charge in [-0.3, -0.25) is 0 Å². The quantitative estimate of drug-likeness (QED) is 0.578. The molecule has 4 rings (SSSR count). The summed E-state index contributed by atoms with van der Waals surface area (Å²) in [6.07, 6.45) is 0. The van der Waals surface area contributed by atoms with Crippen LogP contribution in [0, 0.1) is 6.92 Å². The summed E-state index contributed by atoms with van der Waals surface area (Å²) in [5.41, 5.74) is 5.61. The molecule has 32 heavy (non-hydrogen) atoms. The van der Waals surface area contributed by atoms with E-state index >= 15 is 0 Å². The largest absolute Gasteiger partial charge is 0.427 e. The number of rotatable bonds is 4. The van der Waals surface area contributed by atoms with E-state index in [-0.39, 0.29) is 5.41 Å². The lowest BCUT2D eigenvalue weighted by Crippen LogP contribution is -2.49. The Kier molecular flexibility index (Phi) is 5.51. The van der Waals surface area contributed by atoms with E-state index in [1.165, 1.54) is 33.4 Å². The SMILES string of the molecule is Cc1cccccc2cccc3c2n1-c1ccc(BOC(C)(C)C(C)(C)O)cc1C3(C)C. The minimum absolute atomic E-state index is 0.158. The maximum Gasteiger partial charge on any atom is 0.309 e. The van der Waals surface area contributed by atoms with Gasteiger partial charge >= 0.3 is 7.48 Å². The minimum atomic E-state index is -0.929. The van der Waals surface area contributed by atoms with Gasteiger partial charge in [0.05, 0.1) is 16.7 Å². The molecular formula is C28H34BNO2. The van der Waals surface area contributed by atoms with Gasteiger partial charge in [0.25, 0.3) is 0 Å². The molecule has 1 N–H and O–H groups in total. The third kappa shape index (κ3) is 3.76. The number of aliphatic hydroxyl groups is 1. The highest BCUT2D eigenvalue weighted by Gasteiger charge is 2.37. The summed E-state index contributed by atoms with van der Waals surface area (Å²) in [5, 5.41) is 11.7. The first-order valence-electron chi connectivity index (χ1n) is 11.4. The van der Waals surface area contributed by atoms with Crippen LogP contribution in [-0.2, 0) is 10.1 Å². The molecule has 0 atom stereocenters. The van der Waals surface area contributed by atoms with Crippen molar-refractivity contribution in [1.29, 1.82) is 0 Å². The Morgan fingerprint density at radius 3 is 2.28 bits per heavy atom. The Bertz CT molecular complexity index is 1230. The number of hydrogen-bond donors (Lipinski definition) is 1. The van der Waals surface area contributed by atoms with Crippen LogP contribution in [0.2, 0.25) is 0 Å². The smallest absolute Gasteiger partial charge is 0.309 e. The van der Waals surface area contributed by atoms with E-state index in [2.05, 4.69) is 92.1 Å². The molecule has 0 unspecified atom stereocenters. The van der Waals surface area contributed by atoms with Crippen LogP contribution in [0.15, 0.2) is 66.7 Å². The molecule has 0 radical (unpaired) electrons. The summed E-state index contributed by atoms with van der Waals surface area (Å²) in [6, 6.07) is 23.9. The van der Waals surface area contributed by atoms with Crippen molar-refractivity contribution in [2.45, 2.75) is 65.1 Å². The fraction of sp³-hybridized carbons (Fsp3) is 0.357. The third-order valence-electron chi connectivity index (χ3n) is 7.20. The summed E-state index contributed by atoms with van der Waals surface area (Å²) in [6.45, 7) is 14.2. The molecular weight excluding hydrogens is 393 g/mol. The molecule has 1 aliphatic heterocycles. The second-order valence-corrected chi connectivity index (χ2v) is 10.5. The summed E-state index contributed by atoms with van der Waals surface area (Å²) >= 11 is 0. The van der Waals surface area contributed by atoms with Crippen LogP contribution >= 0.6 is 0 Å². The first kappa shape index (κ1) is 22.6. The molecule has 4 heteroatoms. The summed E-state index contributed by atoms with van der Waals surface area (Å²) in [7, 11) is 0.452. The van der Waals surface area contributed by atoms with E-state index in [1.807, 2.05) is 13.8 Å². The van der Waals surface area contributed by atoms with Crippen LogP contribution in [0.25, 0.3) is 16.6 Å². The molecule has 166 valence electrons.